The molecule has 0 saturated carbocycles. The Morgan fingerprint density at radius 3 is 2.46 bits per heavy atom. The number of hydrogen-bond acceptors (Lipinski definition) is 2. The van der Waals surface area contributed by atoms with Gasteiger partial charge in [0.05, 0.1) is 17.4 Å². The van der Waals surface area contributed by atoms with Gasteiger partial charge >= 0.3 is 0 Å². The van der Waals surface area contributed by atoms with Crippen molar-refractivity contribution < 1.29 is 0 Å². The number of benzene rings is 1. The van der Waals surface area contributed by atoms with Crippen LogP contribution in [0.15, 0.2) is 67.3 Å². The summed E-state index contributed by atoms with van der Waals surface area (Å²) in [5.74, 6) is 0.702. The van der Waals surface area contributed by atoms with Gasteiger partial charge in [-0.05, 0) is 66.8 Å². The molecule has 0 unspecified atom stereocenters. The summed E-state index contributed by atoms with van der Waals surface area (Å²) in [7, 11) is 0. The Morgan fingerprint density at radius 2 is 1.75 bits per heavy atom. The van der Waals surface area contributed by atoms with E-state index < -0.39 is 0 Å². The van der Waals surface area contributed by atoms with Crippen molar-refractivity contribution in [1.29, 1.82) is 0 Å². The van der Waals surface area contributed by atoms with E-state index in [1.807, 2.05) is 43.0 Å². The van der Waals surface area contributed by atoms with Crippen molar-refractivity contribution >= 4 is 22.5 Å². The molecule has 3 heterocycles. The van der Waals surface area contributed by atoms with E-state index in [4.69, 9.17) is 11.6 Å². The summed E-state index contributed by atoms with van der Waals surface area (Å²) in [6.07, 6.45) is 11.0. The molecule has 3 nitrogen and oxygen atoms in total. The van der Waals surface area contributed by atoms with Crippen molar-refractivity contribution in [2.75, 3.05) is 0 Å². The predicted molar refractivity (Wildman–Crippen MR) is 117 cm³/mol. The van der Waals surface area contributed by atoms with Crippen LogP contribution in [-0.2, 0) is 6.42 Å². The molecule has 4 aromatic rings. The van der Waals surface area contributed by atoms with Crippen molar-refractivity contribution in [3.8, 4) is 16.9 Å². The van der Waals surface area contributed by atoms with E-state index in [0.717, 1.165) is 34.6 Å². The van der Waals surface area contributed by atoms with Gasteiger partial charge in [-0.1, -0.05) is 31.9 Å². The maximum atomic E-state index is 6.15. The lowest BCUT2D eigenvalue weighted by Crippen LogP contribution is -1.99. The van der Waals surface area contributed by atoms with Crippen molar-refractivity contribution in [1.82, 2.24) is 14.5 Å². The van der Waals surface area contributed by atoms with Gasteiger partial charge in [-0.2, -0.15) is 0 Å². The fourth-order valence-electron chi connectivity index (χ4n) is 3.81. The van der Waals surface area contributed by atoms with Crippen LogP contribution in [0.4, 0.5) is 0 Å². The maximum absolute atomic E-state index is 6.15. The second-order valence-corrected chi connectivity index (χ2v) is 8.00. The third-order valence-corrected chi connectivity index (χ3v) is 5.36. The molecule has 0 N–H and O–H groups in total. The summed E-state index contributed by atoms with van der Waals surface area (Å²) in [6, 6.07) is 14.3. The minimum absolute atomic E-state index is 0.702. The molecule has 142 valence electrons. The lowest BCUT2D eigenvalue weighted by Gasteiger charge is -2.13. The van der Waals surface area contributed by atoms with Gasteiger partial charge in [0.2, 0.25) is 0 Å². The molecule has 3 aromatic heterocycles. The minimum atomic E-state index is 0.702. The highest BCUT2D eigenvalue weighted by atomic mass is 35.5. The molecule has 0 aliphatic rings. The van der Waals surface area contributed by atoms with Crippen LogP contribution in [0.3, 0.4) is 0 Å². The number of rotatable bonds is 6. The fourth-order valence-corrected chi connectivity index (χ4v) is 3.93. The zero-order chi connectivity index (χ0) is 19.5. The molecular weight excluding hydrogens is 366 g/mol. The molecule has 0 radical (unpaired) electrons. The van der Waals surface area contributed by atoms with Crippen LogP contribution in [0.1, 0.15) is 32.3 Å². The quantitative estimate of drug-likeness (QED) is 0.366. The molecule has 0 saturated heterocycles. The first-order chi connectivity index (χ1) is 13.6. The molecule has 0 bridgehead atoms. The van der Waals surface area contributed by atoms with Crippen LogP contribution in [0.2, 0.25) is 5.02 Å². The molecule has 28 heavy (non-hydrogen) atoms. The SMILES string of the molecule is CC(C)CCCc1c(-c2cccnc2)n(-c2ccc(Cl)cc2)c2cnccc12. The Hall–Kier alpha value is -2.65. The number of aromatic nitrogens is 3. The Labute approximate surface area is 171 Å². The Kier molecular flexibility index (Phi) is 5.45. The highest BCUT2D eigenvalue weighted by molar-refractivity contribution is 6.30. The lowest BCUT2D eigenvalue weighted by molar-refractivity contribution is 0.556. The Bertz CT molecular complexity index is 1070. The topological polar surface area (TPSA) is 30.7 Å². The minimum Gasteiger partial charge on any atom is -0.307 e. The average Bonchev–Trinajstić information content (AvgIpc) is 3.03. The van der Waals surface area contributed by atoms with Crippen LogP contribution >= 0.6 is 11.6 Å². The molecular formula is C24H24ClN3. The summed E-state index contributed by atoms with van der Waals surface area (Å²) < 4.78 is 2.29. The Morgan fingerprint density at radius 1 is 0.964 bits per heavy atom. The lowest BCUT2D eigenvalue weighted by atomic mass is 9.98. The first-order valence-corrected chi connectivity index (χ1v) is 10.2. The average molecular weight is 390 g/mol. The van der Waals surface area contributed by atoms with E-state index in [1.54, 1.807) is 0 Å². The normalized spacial score (nSPS) is 11.4. The van der Waals surface area contributed by atoms with E-state index in [0.29, 0.717) is 5.92 Å². The van der Waals surface area contributed by atoms with Crippen molar-refractivity contribution in [3.05, 3.63) is 77.8 Å². The zero-order valence-electron chi connectivity index (χ0n) is 16.3. The maximum Gasteiger partial charge on any atom is 0.0721 e. The van der Waals surface area contributed by atoms with E-state index in [1.165, 1.54) is 23.1 Å². The van der Waals surface area contributed by atoms with E-state index in [2.05, 4.69) is 52.6 Å². The molecule has 0 spiro atoms. The third-order valence-electron chi connectivity index (χ3n) is 5.10. The number of hydrogen-bond donors (Lipinski definition) is 0. The van der Waals surface area contributed by atoms with Gasteiger partial charge in [0.15, 0.2) is 0 Å². The van der Waals surface area contributed by atoms with Gasteiger partial charge in [-0.3, -0.25) is 9.97 Å². The molecule has 0 atom stereocenters. The number of halogens is 1. The monoisotopic (exact) mass is 389 g/mol. The largest absolute Gasteiger partial charge is 0.307 e. The van der Waals surface area contributed by atoms with Crippen molar-refractivity contribution in [2.24, 2.45) is 5.92 Å². The van der Waals surface area contributed by atoms with E-state index in [-0.39, 0.29) is 0 Å². The van der Waals surface area contributed by atoms with Crippen LogP contribution < -0.4 is 0 Å². The van der Waals surface area contributed by atoms with Crippen LogP contribution in [0.5, 0.6) is 0 Å². The molecule has 4 heteroatoms. The fraction of sp³-hybridized carbons (Fsp3) is 0.250. The summed E-state index contributed by atoms with van der Waals surface area (Å²) >= 11 is 6.15. The third kappa shape index (κ3) is 3.67. The highest BCUT2D eigenvalue weighted by Crippen LogP contribution is 2.37. The van der Waals surface area contributed by atoms with E-state index in [9.17, 15) is 0 Å². The number of aryl methyl sites for hydroxylation is 1. The number of fused-ring (bicyclic) bond motifs is 1. The van der Waals surface area contributed by atoms with Gasteiger partial charge in [0, 0.05) is 40.3 Å². The molecule has 0 amide bonds. The zero-order valence-corrected chi connectivity index (χ0v) is 17.0. The van der Waals surface area contributed by atoms with Gasteiger partial charge < -0.3 is 4.57 Å². The van der Waals surface area contributed by atoms with E-state index >= 15 is 0 Å². The number of nitrogens with zero attached hydrogens (tertiary/aromatic N) is 3. The van der Waals surface area contributed by atoms with Gasteiger partial charge in [-0.25, -0.2) is 0 Å². The van der Waals surface area contributed by atoms with Crippen LogP contribution in [-0.4, -0.2) is 14.5 Å². The second kappa shape index (κ2) is 8.15. The predicted octanol–water partition coefficient (Wildman–Crippen LogP) is 6.72. The Balaban J connectivity index is 1.97. The van der Waals surface area contributed by atoms with Crippen molar-refractivity contribution in [3.63, 3.8) is 0 Å². The molecule has 0 aliphatic heterocycles. The first kappa shape index (κ1) is 18.7. The van der Waals surface area contributed by atoms with Gasteiger partial charge in [0.1, 0.15) is 0 Å². The molecule has 0 aliphatic carbocycles. The number of pyridine rings is 2. The first-order valence-electron chi connectivity index (χ1n) is 9.79. The summed E-state index contributed by atoms with van der Waals surface area (Å²) in [4.78, 5) is 8.79. The van der Waals surface area contributed by atoms with Crippen molar-refractivity contribution in [2.45, 2.75) is 33.1 Å². The molecule has 0 fully saturated rings. The second-order valence-electron chi connectivity index (χ2n) is 7.56. The summed E-state index contributed by atoms with van der Waals surface area (Å²) in [5, 5.41) is 1.99. The van der Waals surface area contributed by atoms with Gasteiger partial charge in [0.25, 0.3) is 0 Å². The summed E-state index contributed by atoms with van der Waals surface area (Å²) in [5.41, 5.74) is 5.87. The smallest absolute Gasteiger partial charge is 0.0721 e. The molecule has 4 rings (SSSR count). The molecule has 1 aromatic carbocycles. The van der Waals surface area contributed by atoms with Gasteiger partial charge in [-0.15, -0.1) is 0 Å². The highest BCUT2D eigenvalue weighted by Gasteiger charge is 2.20. The van der Waals surface area contributed by atoms with Crippen LogP contribution in [0, 0.1) is 5.92 Å². The summed E-state index contributed by atoms with van der Waals surface area (Å²) in [6.45, 7) is 4.56. The standard InChI is InChI=1S/C24H24ClN3/c1-17(2)5-3-7-22-21-12-14-27-16-23(21)28(20-10-8-19(25)9-11-20)24(22)18-6-4-13-26-15-18/h4,6,8-17H,3,5,7H2,1-2H3. The van der Waals surface area contributed by atoms with Crippen LogP contribution in [0.25, 0.3) is 27.8 Å².